The quantitative estimate of drug-likeness (QED) is 0.645. The van der Waals surface area contributed by atoms with E-state index in [0.717, 1.165) is 54.4 Å². The minimum atomic E-state index is -0.560. The zero-order valence-electron chi connectivity index (χ0n) is 18.3. The average molecular weight is 433 g/mol. The highest BCUT2D eigenvalue weighted by atomic mass is 16.4. The first-order chi connectivity index (χ1) is 15.5. The van der Waals surface area contributed by atoms with E-state index >= 15 is 0 Å². The van der Waals surface area contributed by atoms with E-state index in [4.69, 9.17) is 4.42 Å². The molecule has 2 heterocycles. The van der Waals surface area contributed by atoms with E-state index in [1.165, 1.54) is 4.57 Å². The summed E-state index contributed by atoms with van der Waals surface area (Å²) in [4.78, 5) is 24.4. The molecule has 1 fully saturated rings. The Hall–Kier alpha value is -3.37. The molecule has 1 saturated heterocycles. The molecule has 0 unspecified atom stereocenters. The van der Waals surface area contributed by atoms with Crippen molar-refractivity contribution in [1.29, 1.82) is 5.26 Å². The smallest absolute Gasteiger partial charge is 0.408 e. The third kappa shape index (κ3) is 4.92. The molecule has 0 spiro atoms. The Morgan fingerprint density at radius 3 is 2.78 bits per heavy atom. The summed E-state index contributed by atoms with van der Waals surface area (Å²) in [6.45, 7) is 1.62. The maximum Gasteiger partial charge on any atom is 0.419 e. The number of carbonyl (C=O) groups is 1. The van der Waals surface area contributed by atoms with Gasteiger partial charge in [-0.05, 0) is 48.2 Å². The van der Waals surface area contributed by atoms with Gasteiger partial charge in [0.05, 0.1) is 17.5 Å². The number of amides is 1. The van der Waals surface area contributed by atoms with Crippen LogP contribution in [0.3, 0.4) is 0 Å². The number of nitriles is 1. The van der Waals surface area contributed by atoms with Crippen LogP contribution in [0.5, 0.6) is 0 Å². The molecule has 1 aliphatic heterocycles. The summed E-state index contributed by atoms with van der Waals surface area (Å²) in [5.74, 6) is -0.504. The van der Waals surface area contributed by atoms with E-state index in [0.29, 0.717) is 18.5 Å². The van der Waals surface area contributed by atoms with Crippen molar-refractivity contribution in [2.45, 2.75) is 38.1 Å². The lowest BCUT2D eigenvalue weighted by Crippen LogP contribution is -2.43. The van der Waals surface area contributed by atoms with Crippen LogP contribution in [0.4, 0.5) is 0 Å². The molecule has 0 aliphatic carbocycles. The van der Waals surface area contributed by atoms with E-state index in [1.54, 1.807) is 13.1 Å². The first-order valence-electron chi connectivity index (χ1n) is 11.1. The Bertz CT molecular complexity index is 1180. The number of nitrogens with one attached hydrogen (secondary N) is 2. The predicted octanol–water partition coefficient (Wildman–Crippen LogP) is 3.13. The molecular formula is C25H28N4O3. The molecule has 4 rings (SSSR count). The summed E-state index contributed by atoms with van der Waals surface area (Å²) in [6.07, 6.45) is 4.65. The molecule has 1 aliphatic rings. The fourth-order valence-corrected chi connectivity index (χ4v) is 4.21. The van der Waals surface area contributed by atoms with Crippen LogP contribution in [-0.2, 0) is 18.3 Å². The Morgan fingerprint density at radius 2 is 2.00 bits per heavy atom. The van der Waals surface area contributed by atoms with Gasteiger partial charge in [-0.25, -0.2) is 4.79 Å². The average Bonchev–Trinajstić information content (AvgIpc) is 3.06. The molecular weight excluding hydrogens is 404 g/mol. The molecule has 0 radical (unpaired) electrons. The lowest BCUT2D eigenvalue weighted by molar-refractivity contribution is -0.125. The largest absolute Gasteiger partial charge is 0.419 e. The maximum atomic E-state index is 12.7. The van der Waals surface area contributed by atoms with Gasteiger partial charge in [-0.1, -0.05) is 43.2 Å². The van der Waals surface area contributed by atoms with Crippen molar-refractivity contribution in [2.24, 2.45) is 13.0 Å². The van der Waals surface area contributed by atoms with Gasteiger partial charge in [-0.3, -0.25) is 9.36 Å². The normalized spacial score (nSPS) is 17.8. The molecule has 0 saturated carbocycles. The standard InChI is InChI=1S/C25H28N4O3/c1-29-22-14-19(10-11-23(22)32-25(29)31)18-8-6-17(7-9-18)13-21(15-26)28-24(30)20-5-3-2-4-12-27-16-20/h6-11,14,20-21,27H,2-5,12-13,16H2,1H3,(H,28,30)/t20-,21+/m1/s1. The second kappa shape index (κ2) is 9.84. The number of hydrogen-bond acceptors (Lipinski definition) is 5. The SMILES string of the molecule is Cn1c(=O)oc2ccc(-c3ccc(C[C@@H](C#N)NC(=O)[C@@H]4CCCCCNC4)cc3)cc21. The van der Waals surface area contributed by atoms with Gasteiger partial charge in [0.15, 0.2) is 5.58 Å². The molecule has 32 heavy (non-hydrogen) atoms. The molecule has 1 amide bonds. The highest BCUT2D eigenvalue weighted by Crippen LogP contribution is 2.24. The highest BCUT2D eigenvalue weighted by molar-refractivity contribution is 5.81. The first-order valence-corrected chi connectivity index (χ1v) is 11.1. The highest BCUT2D eigenvalue weighted by Gasteiger charge is 2.22. The van der Waals surface area contributed by atoms with Gasteiger partial charge in [-0.2, -0.15) is 5.26 Å². The zero-order valence-corrected chi connectivity index (χ0v) is 18.3. The van der Waals surface area contributed by atoms with Gasteiger partial charge in [-0.15, -0.1) is 0 Å². The number of aryl methyl sites for hydroxylation is 1. The minimum absolute atomic E-state index is 0.0402. The number of hydrogen-bond donors (Lipinski definition) is 2. The van der Waals surface area contributed by atoms with Crippen LogP contribution in [0.25, 0.3) is 22.2 Å². The number of carbonyl (C=O) groups excluding carboxylic acids is 1. The number of benzene rings is 2. The van der Waals surface area contributed by atoms with Crippen molar-refractivity contribution >= 4 is 17.0 Å². The minimum Gasteiger partial charge on any atom is -0.408 e. The topological polar surface area (TPSA) is 100 Å². The zero-order chi connectivity index (χ0) is 22.5. The lowest BCUT2D eigenvalue weighted by Gasteiger charge is -2.21. The van der Waals surface area contributed by atoms with E-state index in [9.17, 15) is 14.9 Å². The molecule has 1 aromatic heterocycles. The Labute approximate surface area is 187 Å². The summed E-state index contributed by atoms with van der Waals surface area (Å²) >= 11 is 0. The van der Waals surface area contributed by atoms with Crippen molar-refractivity contribution in [1.82, 2.24) is 15.2 Å². The predicted molar refractivity (Wildman–Crippen MR) is 123 cm³/mol. The van der Waals surface area contributed by atoms with E-state index in [-0.39, 0.29) is 17.6 Å². The number of oxazole rings is 1. The first kappa shape index (κ1) is 21.8. The maximum absolute atomic E-state index is 12.7. The monoisotopic (exact) mass is 432 g/mol. The summed E-state index contributed by atoms with van der Waals surface area (Å²) in [5, 5.41) is 15.8. The van der Waals surface area contributed by atoms with Crippen molar-refractivity contribution in [3.63, 3.8) is 0 Å². The third-order valence-corrected chi connectivity index (χ3v) is 6.16. The lowest BCUT2D eigenvalue weighted by atomic mass is 9.97. The molecule has 0 bridgehead atoms. The molecule has 7 nitrogen and oxygen atoms in total. The van der Waals surface area contributed by atoms with Gasteiger partial charge in [0.25, 0.3) is 0 Å². The van der Waals surface area contributed by atoms with Crippen LogP contribution in [0.1, 0.15) is 31.2 Å². The van der Waals surface area contributed by atoms with Crippen LogP contribution in [0, 0.1) is 17.2 Å². The van der Waals surface area contributed by atoms with Crippen LogP contribution in [0.15, 0.2) is 51.7 Å². The molecule has 7 heteroatoms. The Morgan fingerprint density at radius 1 is 1.22 bits per heavy atom. The Balaban J connectivity index is 1.42. The van der Waals surface area contributed by atoms with Crippen LogP contribution in [0.2, 0.25) is 0 Å². The van der Waals surface area contributed by atoms with E-state index in [2.05, 4.69) is 16.7 Å². The second-order valence-electron chi connectivity index (χ2n) is 8.45. The Kier molecular flexibility index (Phi) is 6.72. The summed E-state index contributed by atoms with van der Waals surface area (Å²) in [7, 11) is 1.68. The summed E-state index contributed by atoms with van der Waals surface area (Å²) < 4.78 is 6.68. The number of aromatic nitrogens is 1. The number of fused-ring (bicyclic) bond motifs is 1. The molecule has 166 valence electrons. The molecule has 2 aromatic carbocycles. The fourth-order valence-electron chi connectivity index (χ4n) is 4.21. The fraction of sp³-hybridized carbons (Fsp3) is 0.400. The van der Waals surface area contributed by atoms with Crippen molar-refractivity contribution < 1.29 is 9.21 Å². The van der Waals surface area contributed by atoms with Crippen LogP contribution in [-0.4, -0.2) is 29.6 Å². The van der Waals surface area contributed by atoms with Gasteiger partial charge in [0.2, 0.25) is 5.91 Å². The van der Waals surface area contributed by atoms with Gasteiger partial charge in [0, 0.05) is 20.0 Å². The van der Waals surface area contributed by atoms with E-state index in [1.807, 2.05) is 36.4 Å². The van der Waals surface area contributed by atoms with Crippen LogP contribution < -0.4 is 16.4 Å². The molecule has 2 N–H and O–H groups in total. The van der Waals surface area contributed by atoms with Gasteiger partial charge in [0.1, 0.15) is 6.04 Å². The van der Waals surface area contributed by atoms with E-state index < -0.39 is 6.04 Å². The van der Waals surface area contributed by atoms with Crippen LogP contribution >= 0.6 is 0 Å². The van der Waals surface area contributed by atoms with Gasteiger partial charge < -0.3 is 15.1 Å². The number of rotatable bonds is 5. The van der Waals surface area contributed by atoms with Crippen molar-refractivity contribution in [3.05, 3.63) is 58.6 Å². The summed E-state index contributed by atoms with van der Waals surface area (Å²) in [6, 6.07) is 15.2. The third-order valence-electron chi connectivity index (χ3n) is 6.16. The molecule has 2 atom stereocenters. The summed E-state index contributed by atoms with van der Waals surface area (Å²) in [5.41, 5.74) is 4.26. The number of nitrogens with zero attached hydrogens (tertiary/aromatic N) is 2. The van der Waals surface area contributed by atoms with Gasteiger partial charge >= 0.3 is 5.76 Å². The van der Waals surface area contributed by atoms with Crippen molar-refractivity contribution in [2.75, 3.05) is 13.1 Å². The molecule has 3 aromatic rings. The second-order valence-corrected chi connectivity index (χ2v) is 8.45. The van der Waals surface area contributed by atoms with Crippen molar-refractivity contribution in [3.8, 4) is 17.2 Å².